The maximum Gasteiger partial charge on any atom is 0.213 e. The van der Waals surface area contributed by atoms with E-state index in [0.29, 0.717) is 17.4 Å². The monoisotopic (exact) mass is 282 g/mol. The van der Waals surface area contributed by atoms with Crippen LogP contribution < -0.4 is 9.47 Å². The molecular formula is C14H22N2O2S. The highest BCUT2D eigenvalue weighted by Crippen LogP contribution is 2.22. The van der Waals surface area contributed by atoms with Gasteiger partial charge in [-0.2, -0.15) is 0 Å². The van der Waals surface area contributed by atoms with E-state index in [4.69, 9.17) is 9.47 Å². The second-order valence-corrected chi connectivity index (χ2v) is 5.88. The zero-order chi connectivity index (χ0) is 13.7. The van der Waals surface area contributed by atoms with Crippen molar-refractivity contribution in [1.82, 2.24) is 9.88 Å². The van der Waals surface area contributed by atoms with Crippen molar-refractivity contribution in [1.29, 1.82) is 0 Å². The Morgan fingerprint density at radius 2 is 2.11 bits per heavy atom. The van der Waals surface area contributed by atoms with Gasteiger partial charge < -0.3 is 9.47 Å². The Balaban J connectivity index is 1.81. The van der Waals surface area contributed by atoms with E-state index in [1.165, 1.54) is 0 Å². The molecule has 0 amide bonds. The maximum atomic E-state index is 5.96. The summed E-state index contributed by atoms with van der Waals surface area (Å²) in [6.45, 7) is 4.48. The number of hydrogen-bond acceptors (Lipinski definition) is 5. The molecule has 0 bridgehead atoms. The third-order valence-electron chi connectivity index (χ3n) is 3.55. The highest BCUT2D eigenvalue weighted by Gasteiger charge is 2.23. The number of ether oxygens (including phenoxy) is 2. The van der Waals surface area contributed by atoms with Crippen LogP contribution in [0.2, 0.25) is 0 Å². The van der Waals surface area contributed by atoms with Crippen molar-refractivity contribution in [2.24, 2.45) is 0 Å². The first-order chi connectivity index (χ1) is 9.22. The molecule has 1 unspecified atom stereocenters. The molecule has 1 aromatic rings. The molecule has 106 valence electrons. The average Bonchev–Trinajstić information content (AvgIpc) is 2.48. The van der Waals surface area contributed by atoms with Gasteiger partial charge in [-0.3, -0.25) is 4.90 Å². The minimum absolute atomic E-state index is 0.306. The summed E-state index contributed by atoms with van der Waals surface area (Å²) < 4.78 is 11.0. The van der Waals surface area contributed by atoms with E-state index in [1.807, 2.05) is 23.9 Å². The molecule has 0 spiro atoms. The van der Waals surface area contributed by atoms with Crippen molar-refractivity contribution >= 4 is 11.8 Å². The predicted molar refractivity (Wildman–Crippen MR) is 79.0 cm³/mol. The minimum Gasteiger partial charge on any atom is -0.489 e. The maximum absolute atomic E-state index is 5.96. The molecule has 19 heavy (non-hydrogen) atoms. The molecule has 0 N–H and O–H groups in total. The average molecular weight is 282 g/mol. The molecule has 0 aliphatic carbocycles. The van der Waals surface area contributed by atoms with Gasteiger partial charge in [0.15, 0.2) is 0 Å². The van der Waals surface area contributed by atoms with Gasteiger partial charge in [-0.1, -0.05) is 0 Å². The molecule has 1 aliphatic rings. The molecule has 0 saturated carbocycles. The summed E-state index contributed by atoms with van der Waals surface area (Å²) in [5.74, 6) is 1.45. The Labute approximate surface area is 119 Å². The topological polar surface area (TPSA) is 34.6 Å². The summed E-state index contributed by atoms with van der Waals surface area (Å²) in [6, 6.07) is 3.75. The minimum atomic E-state index is 0.306. The Morgan fingerprint density at radius 3 is 2.63 bits per heavy atom. The second-order valence-electron chi connectivity index (χ2n) is 4.72. The van der Waals surface area contributed by atoms with Gasteiger partial charge in [0.1, 0.15) is 11.9 Å². The van der Waals surface area contributed by atoms with Gasteiger partial charge in [0.2, 0.25) is 5.88 Å². The van der Waals surface area contributed by atoms with Gasteiger partial charge in [0.05, 0.1) is 18.7 Å². The molecule has 0 radical (unpaired) electrons. The van der Waals surface area contributed by atoms with Crippen molar-refractivity contribution in [2.45, 2.75) is 31.2 Å². The lowest BCUT2D eigenvalue weighted by molar-refractivity contribution is 0.0974. The molecular weight excluding hydrogens is 260 g/mol. The van der Waals surface area contributed by atoms with Crippen LogP contribution in [0.1, 0.15) is 19.8 Å². The fourth-order valence-corrected chi connectivity index (χ4v) is 2.76. The number of likely N-dealkylation sites (tertiary alicyclic amines) is 1. The van der Waals surface area contributed by atoms with Crippen LogP contribution >= 0.6 is 11.8 Å². The molecule has 5 heteroatoms. The number of piperidine rings is 1. The summed E-state index contributed by atoms with van der Waals surface area (Å²) in [5.41, 5.74) is 0. The Morgan fingerprint density at radius 1 is 1.37 bits per heavy atom. The Hall–Kier alpha value is -0.940. The molecule has 2 heterocycles. The van der Waals surface area contributed by atoms with E-state index in [2.05, 4.69) is 23.1 Å². The summed E-state index contributed by atoms with van der Waals surface area (Å²) >= 11 is 1.90. The number of rotatable bonds is 5. The largest absolute Gasteiger partial charge is 0.489 e. The number of hydrogen-bond donors (Lipinski definition) is 0. The fourth-order valence-electron chi connectivity index (χ4n) is 2.26. The zero-order valence-electron chi connectivity index (χ0n) is 11.8. The van der Waals surface area contributed by atoms with Crippen LogP contribution in [-0.2, 0) is 0 Å². The van der Waals surface area contributed by atoms with E-state index in [-0.39, 0.29) is 0 Å². The highest BCUT2D eigenvalue weighted by molar-refractivity contribution is 7.99. The third-order valence-corrected chi connectivity index (χ3v) is 4.53. The van der Waals surface area contributed by atoms with Gasteiger partial charge in [-0.25, -0.2) is 4.98 Å². The molecule has 4 nitrogen and oxygen atoms in total. The SMILES string of the molecule is COc1ccc(OC2CCN(C(C)SC)CC2)cn1. The molecule has 2 rings (SSSR count). The van der Waals surface area contributed by atoms with E-state index < -0.39 is 0 Å². The van der Waals surface area contributed by atoms with E-state index in [0.717, 1.165) is 31.7 Å². The number of thioether (sulfide) groups is 1. The lowest BCUT2D eigenvalue weighted by Gasteiger charge is -2.35. The lowest BCUT2D eigenvalue weighted by atomic mass is 10.1. The molecule has 1 fully saturated rings. The molecule has 1 aromatic heterocycles. The van der Waals surface area contributed by atoms with E-state index in [1.54, 1.807) is 13.3 Å². The second kappa shape index (κ2) is 7.01. The first kappa shape index (κ1) is 14.5. The molecule has 1 atom stereocenters. The zero-order valence-corrected chi connectivity index (χ0v) is 12.7. The van der Waals surface area contributed by atoms with Crippen molar-refractivity contribution in [2.75, 3.05) is 26.5 Å². The fraction of sp³-hybridized carbons (Fsp3) is 0.643. The standard InChI is InChI=1S/C14H22N2O2S/c1-11(19-3)16-8-6-12(7-9-16)18-13-4-5-14(17-2)15-10-13/h4-5,10-12H,6-9H2,1-3H3. The van der Waals surface area contributed by atoms with Gasteiger partial charge >= 0.3 is 0 Å². The van der Waals surface area contributed by atoms with Crippen LogP contribution in [0.3, 0.4) is 0 Å². The third kappa shape index (κ3) is 4.01. The Bertz CT molecular complexity index is 378. The van der Waals surface area contributed by atoms with Crippen LogP contribution in [0.4, 0.5) is 0 Å². The van der Waals surface area contributed by atoms with Gasteiger partial charge in [0.25, 0.3) is 0 Å². The van der Waals surface area contributed by atoms with Crippen molar-refractivity contribution < 1.29 is 9.47 Å². The summed E-state index contributed by atoms with van der Waals surface area (Å²) in [4.78, 5) is 6.67. The number of pyridine rings is 1. The van der Waals surface area contributed by atoms with E-state index in [9.17, 15) is 0 Å². The first-order valence-electron chi connectivity index (χ1n) is 6.66. The normalized spacial score (nSPS) is 19.1. The van der Waals surface area contributed by atoms with Crippen molar-refractivity contribution in [3.63, 3.8) is 0 Å². The van der Waals surface area contributed by atoms with Crippen LogP contribution in [0.15, 0.2) is 18.3 Å². The van der Waals surface area contributed by atoms with Crippen LogP contribution in [0, 0.1) is 0 Å². The van der Waals surface area contributed by atoms with Crippen LogP contribution in [0.25, 0.3) is 0 Å². The molecule has 1 aliphatic heterocycles. The van der Waals surface area contributed by atoms with Gasteiger partial charge in [-0.15, -0.1) is 11.8 Å². The molecule has 1 saturated heterocycles. The summed E-state index contributed by atoms with van der Waals surface area (Å²) in [6.07, 6.45) is 6.36. The number of aromatic nitrogens is 1. The number of nitrogens with zero attached hydrogens (tertiary/aromatic N) is 2. The van der Waals surface area contributed by atoms with Crippen molar-refractivity contribution in [3.8, 4) is 11.6 Å². The summed E-state index contributed by atoms with van der Waals surface area (Å²) in [7, 11) is 1.62. The lowest BCUT2D eigenvalue weighted by Crippen LogP contribution is -2.41. The highest BCUT2D eigenvalue weighted by atomic mass is 32.2. The van der Waals surface area contributed by atoms with Crippen LogP contribution in [-0.4, -0.2) is 47.8 Å². The number of methoxy groups -OCH3 is 1. The van der Waals surface area contributed by atoms with Crippen LogP contribution in [0.5, 0.6) is 11.6 Å². The van der Waals surface area contributed by atoms with Gasteiger partial charge in [-0.05, 0) is 32.1 Å². The van der Waals surface area contributed by atoms with Gasteiger partial charge in [0, 0.05) is 19.2 Å². The van der Waals surface area contributed by atoms with E-state index >= 15 is 0 Å². The summed E-state index contributed by atoms with van der Waals surface area (Å²) in [5, 5.41) is 0.601. The quantitative estimate of drug-likeness (QED) is 0.829. The predicted octanol–water partition coefficient (Wildman–Crippen LogP) is 2.64. The Kier molecular flexibility index (Phi) is 5.34. The van der Waals surface area contributed by atoms with Crippen molar-refractivity contribution in [3.05, 3.63) is 18.3 Å². The first-order valence-corrected chi connectivity index (χ1v) is 7.95. The smallest absolute Gasteiger partial charge is 0.213 e. The molecule has 0 aromatic carbocycles.